The van der Waals surface area contributed by atoms with E-state index in [2.05, 4.69) is 4.98 Å². The lowest BCUT2D eigenvalue weighted by molar-refractivity contribution is -0.132. The van der Waals surface area contributed by atoms with Crippen molar-refractivity contribution in [1.82, 2.24) is 4.98 Å². The zero-order chi connectivity index (χ0) is 26.0. The maximum atomic E-state index is 13.3. The largest absolute Gasteiger partial charge is 0.507 e. The number of hydrogen-bond acceptors (Lipinski definition) is 7. The Hall–Kier alpha value is -4.46. The minimum atomic E-state index is -0.923. The van der Waals surface area contributed by atoms with Crippen molar-refractivity contribution in [2.45, 2.75) is 32.9 Å². The highest BCUT2D eigenvalue weighted by atomic mass is 16.5. The topological polar surface area (TPSA) is 106 Å². The van der Waals surface area contributed by atoms with Gasteiger partial charge in [-0.05, 0) is 80.4 Å². The van der Waals surface area contributed by atoms with Crippen LogP contribution >= 0.6 is 0 Å². The van der Waals surface area contributed by atoms with Crippen LogP contribution < -0.4 is 9.64 Å². The minimum absolute atomic E-state index is 0.0513. The average Bonchev–Trinajstić information content (AvgIpc) is 3.14. The van der Waals surface area contributed by atoms with E-state index in [1.807, 2.05) is 0 Å². The predicted octanol–water partition coefficient (Wildman–Crippen LogP) is 4.59. The number of carbonyl (C=O) groups is 3. The molecule has 0 bridgehead atoms. The molecule has 2 heterocycles. The Kier molecular flexibility index (Phi) is 6.87. The van der Waals surface area contributed by atoms with Crippen molar-refractivity contribution < 1.29 is 29.0 Å². The summed E-state index contributed by atoms with van der Waals surface area (Å²) in [7, 11) is 1.54. The summed E-state index contributed by atoms with van der Waals surface area (Å²) in [6.07, 6.45) is 2.85. The van der Waals surface area contributed by atoms with E-state index in [1.54, 1.807) is 75.6 Å². The number of aromatic nitrogens is 1. The van der Waals surface area contributed by atoms with E-state index in [1.165, 1.54) is 24.1 Å². The molecule has 1 atom stereocenters. The number of rotatable bonds is 6. The summed E-state index contributed by atoms with van der Waals surface area (Å²) in [6.45, 7) is 5.29. The monoisotopic (exact) mass is 486 g/mol. The summed E-state index contributed by atoms with van der Waals surface area (Å²) in [5.74, 6) is -1.79. The maximum absolute atomic E-state index is 13.3. The molecule has 1 fully saturated rings. The molecule has 1 aliphatic heterocycles. The number of anilines is 1. The smallest absolute Gasteiger partial charge is 0.338 e. The molecule has 1 aromatic heterocycles. The van der Waals surface area contributed by atoms with E-state index in [0.29, 0.717) is 33.7 Å². The van der Waals surface area contributed by atoms with Crippen LogP contribution in [-0.4, -0.2) is 41.0 Å². The molecule has 1 saturated heterocycles. The van der Waals surface area contributed by atoms with E-state index in [0.717, 1.165) is 0 Å². The molecule has 184 valence electrons. The fourth-order valence-electron chi connectivity index (χ4n) is 4.17. The summed E-state index contributed by atoms with van der Waals surface area (Å²) in [6, 6.07) is 13.8. The van der Waals surface area contributed by atoms with E-state index >= 15 is 0 Å². The van der Waals surface area contributed by atoms with Crippen molar-refractivity contribution in [3.63, 3.8) is 0 Å². The average molecular weight is 487 g/mol. The zero-order valence-corrected chi connectivity index (χ0v) is 20.4. The van der Waals surface area contributed by atoms with E-state index in [4.69, 9.17) is 9.47 Å². The molecular formula is C28H26N2O6. The molecule has 0 aliphatic carbocycles. The maximum Gasteiger partial charge on any atom is 0.338 e. The van der Waals surface area contributed by atoms with Crippen LogP contribution in [0.1, 0.15) is 46.9 Å². The quantitative estimate of drug-likeness (QED) is 0.235. The molecule has 1 N–H and O–H groups in total. The number of nitrogens with zero attached hydrogens (tertiary/aromatic N) is 2. The molecule has 0 spiro atoms. The summed E-state index contributed by atoms with van der Waals surface area (Å²) in [4.78, 5) is 44.3. The Morgan fingerprint density at radius 1 is 1.08 bits per heavy atom. The third kappa shape index (κ3) is 4.57. The number of benzene rings is 2. The van der Waals surface area contributed by atoms with Gasteiger partial charge >= 0.3 is 5.97 Å². The van der Waals surface area contributed by atoms with Gasteiger partial charge in [-0.1, -0.05) is 6.07 Å². The first-order chi connectivity index (χ1) is 17.2. The first-order valence-corrected chi connectivity index (χ1v) is 11.4. The molecule has 0 saturated carbocycles. The van der Waals surface area contributed by atoms with Gasteiger partial charge in [-0.15, -0.1) is 0 Å². The van der Waals surface area contributed by atoms with Crippen LogP contribution in [0.25, 0.3) is 5.76 Å². The fourth-order valence-corrected chi connectivity index (χ4v) is 4.17. The Balaban J connectivity index is 1.84. The van der Waals surface area contributed by atoms with Gasteiger partial charge < -0.3 is 14.6 Å². The molecule has 4 rings (SSSR count). The standard InChI is InChI=1S/C28H26N2O6/c1-16(2)36-28(34)18-7-9-20(10-8-18)30-24(19-6-5-13-29-15-19)23(26(32)27(30)33)25(31)22-12-11-21(35-4)14-17(22)3/h5-16,24,31H,1-4H3/b25-23-. The van der Waals surface area contributed by atoms with E-state index in [9.17, 15) is 19.5 Å². The summed E-state index contributed by atoms with van der Waals surface area (Å²) in [5, 5.41) is 11.3. The van der Waals surface area contributed by atoms with Gasteiger partial charge in [0.05, 0.1) is 30.4 Å². The molecule has 8 heteroatoms. The molecule has 0 radical (unpaired) electrons. The van der Waals surface area contributed by atoms with Crippen molar-refractivity contribution in [1.29, 1.82) is 0 Å². The first-order valence-electron chi connectivity index (χ1n) is 11.4. The lowest BCUT2D eigenvalue weighted by Crippen LogP contribution is -2.29. The number of carbonyl (C=O) groups excluding carboxylic acids is 3. The number of amides is 1. The van der Waals surface area contributed by atoms with Gasteiger partial charge in [-0.25, -0.2) is 4.79 Å². The van der Waals surface area contributed by atoms with Gasteiger partial charge in [0.1, 0.15) is 11.5 Å². The molecular weight excluding hydrogens is 460 g/mol. The number of hydrogen-bond donors (Lipinski definition) is 1. The molecule has 36 heavy (non-hydrogen) atoms. The van der Waals surface area contributed by atoms with Crippen molar-refractivity contribution in [3.05, 3.63) is 94.8 Å². The predicted molar refractivity (Wildman–Crippen MR) is 134 cm³/mol. The van der Waals surface area contributed by atoms with Crippen LogP contribution in [0, 0.1) is 6.92 Å². The highest BCUT2D eigenvalue weighted by molar-refractivity contribution is 6.51. The third-order valence-corrected chi connectivity index (χ3v) is 5.86. The van der Waals surface area contributed by atoms with Gasteiger partial charge in [-0.3, -0.25) is 19.5 Å². The molecule has 3 aromatic rings. The highest BCUT2D eigenvalue weighted by Gasteiger charge is 2.47. The van der Waals surface area contributed by atoms with Crippen molar-refractivity contribution >= 4 is 29.1 Å². The Morgan fingerprint density at radius 2 is 1.81 bits per heavy atom. The normalized spacial score (nSPS) is 16.9. The zero-order valence-electron chi connectivity index (χ0n) is 20.4. The number of ketones is 1. The van der Waals surface area contributed by atoms with Crippen LogP contribution in [0.2, 0.25) is 0 Å². The summed E-state index contributed by atoms with van der Waals surface area (Å²) < 4.78 is 10.5. The number of pyridine rings is 1. The van der Waals surface area contributed by atoms with Gasteiger partial charge in [0.25, 0.3) is 11.7 Å². The number of aryl methyl sites for hydroxylation is 1. The van der Waals surface area contributed by atoms with Gasteiger partial charge in [0.15, 0.2) is 0 Å². The van der Waals surface area contributed by atoms with Crippen molar-refractivity contribution in [2.75, 3.05) is 12.0 Å². The van der Waals surface area contributed by atoms with Gasteiger partial charge in [0, 0.05) is 23.6 Å². The number of aliphatic hydroxyl groups is 1. The number of ether oxygens (including phenoxy) is 2. The lowest BCUT2D eigenvalue weighted by Gasteiger charge is -2.25. The SMILES string of the molecule is COc1ccc(/C(O)=C2/C(=O)C(=O)N(c3ccc(C(=O)OC(C)C)cc3)C2c2cccnc2)c(C)c1. The fraction of sp³-hybridized carbons (Fsp3) is 0.214. The first kappa shape index (κ1) is 24.7. The number of esters is 1. The summed E-state index contributed by atoms with van der Waals surface area (Å²) in [5.41, 5.74) is 2.29. The molecule has 8 nitrogen and oxygen atoms in total. The second-order valence-electron chi connectivity index (χ2n) is 8.64. The van der Waals surface area contributed by atoms with Crippen molar-refractivity contribution in [2.24, 2.45) is 0 Å². The number of aliphatic hydroxyl groups excluding tert-OH is 1. The van der Waals surface area contributed by atoms with Crippen LogP contribution in [0.5, 0.6) is 5.75 Å². The second-order valence-corrected chi connectivity index (χ2v) is 8.64. The van der Waals surface area contributed by atoms with Gasteiger partial charge in [0.2, 0.25) is 0 Å². The van der Waals surface area contributed by atoms with Crippen molar-refractivity contribution in [3.8, 4) is 5.75 Å². The van der Waals surface area contributed by atoms with Crippen LogP contribution in [-0.2, 0) is 14.3 Å². The minimum Gasteiger partial charge on any atom is -0.507 e. The number of methoxy groups -OCH3 is 1. The number of Topliss-reactive ketones (excluding diaryl/α,β-unsaturated/α-hetero) is 1. The van der Waals surface area contributed by atoms with Gasteiger partial charge in [-0.2, -0.15) is 0 Å². The lowest BCUT2D eigenvalue weighted by atomic mass is 9.94. The van der Waals surface area contributed by atoms with E-state index < -0.39 is 23.7 Å². The summed E-state index contributed by atoms with van der Waals surface area (Å²) >= 11 is 0. The molecule has 1 aliphatic rings. The second kappa shape index (κ2) is 10.0. The van der Waals surface area contributed by atoms with Crippen LogP contribution in [0.4, 0.5) is 5.69 Å². The molecule has 1 amide bonds. The molecule has 2 aromatic carbocycles. The Morgan fingerprint density at radius 3 is 2.39 bits per heavy atom. The van der Waals surface area contributed by atoms with Crippen LogP contribution in [0.15, 0.2) is 72.6 Å². The third-order valence-electron chi connectivity index (χ3n) is 5.86. The van der Waals surface area contributed by atoms with Crippen LogP contribution in [0.3, 0.4) is 0 Å². The highest BCUT2D eigenvalue weighted by Crippen LogP contribution is 2.42. The Bertz CT molecular complexity index is 1350. The Labute approximate surface area is 208 Å². The molecule has 1 unspecified atom stereocenters. The van der Waals surface area contributed by atoms with E-state index in [-0.39, 0.29) is 17.4 Å².